The molecule has 0 aliphatic heterocycles. The molecule has 21 heavy (non-hydrogen) atoms. The lowest BCUT2D eigenvalue weighted by molar-refractivity contribution is 0.412. The first-order chi connectivity index (χ1) is 9.56. The quantitative estimate of drug-likeness (QED) is 0.458. The second kappa shape index (κ2) is 8.61. The largest absolute Gasteiger partial charge is 0.370 e. The molecule has 0 radical (unpaired) electrons. The van der Waals surface area contributed by atoms with Gasteiger partial charge in [0.15, 0.2) is 5.96 Å². The van der Waals surface area contributed by atoms with Gasteiger partial charge in [-0.1, -0.05) is 37.0 Å². The van der Waals surface area contributed by atoms with Gasteiger partial charge in [0.05, 0.1) is 6.54 Å². The third-order valence-corrected chi connectivity index (χ3v) is 4.21. The highest BCUT2D eigenvalue weighted by molar-refractivity contribution is 14.0. The number of hydrogen-bond donors (Lipinski definition) is 2. The molecule has 0 spiro atoms. The molecule has 0 unspecified atom stereocenters. The van der Waals surface area contributed by atoms with Crippen LogP contribution in [0.25, 0.3) is 0 Å². The third kappa shape index (κ3) is 5.49. The van der Waals surface area contributed by atoms with Gasteiger partial charge in [0.25, 0.3) is 0 Å². The number of guanidine groups is 1. The molecule has 4 heteroatoms. The van der Waals surface area contributed by atoms with Crippen molar-refractivity contribution in [1.82, 2.24) is 5.32 Å². The first-order valence-corrected chi connectivity index (χ1v) is 7.69. The first-order valence-electron chi connectivity index (χ1n) is 7.69. The van der Waals surface area contributed by atoms with E-state index in [2.05, 4.69) is 43.2 Å². The van der Waals surface area contributed by atoms with E-state index in [0.29, 0.717) is 18.5 Å². The Hall–Kier alpha value is -0.780. The van der Waals surface area contributed by atoms with E-state index in [-0.39, 0.29) is 24.0 Å². The summed E-state index contributed by atoms with van der Waals surface area (Å²) in [6.07, 6.45) is 6.41. The second-order valence-electron chi connectivity index (χ2n) is 6.06. The van der Waals surface area contributed by atoms with Crippen molar-refractivity contribution in [3.63, 3.8) is 0 Å². The van der Waals surface area contributed by atoms with E-state index in [4.69, 9.17) is 5.73 Å². The fourth-order valence-electron chi connectivity index (χ4n) is 3.13. The average molecular weight is 401 g/mol. The van der Waals surface area contributed by atoms with Gasteiger partial charge >= 0.3 is 0 Å². The zero-order valence-corrected chi connectivity index (χ0v) is 15.7. The van der Waals surface area contributed by atoms with Crippen molar-refractivity contribution in [2.75, 3.05) is 0 Å². The summed E-state index contributed by atoms with van der Waals surface area (Å²) >= 11 is 0. The Morgan fingerprint density at radius 2 is 1.71 bits per heavy atom. The molecule has 1 aromatic carbocycles. The second-order valence-corrected chi connectivity index (χ2v) is 6.06. The molecule has 1 aromatic rings. The summed E-state index contributed by atoms with van der Waals surface area (Å²) in [6.45, 7) is 7.10. The van der Waals surface area contributed by atoms with Crippen LogP contribution in [0.2, 0.25) is 0 Å². The van der Waals surface area contributed by atoms with Gasteiger partial charge in [-0.2, -0.15) is 0 Å². The van der Waals surface area contributed by atoms with Gasteiger partial charge in [0, 0.05) is 6.04 Å². The number of hydrogen-bond acceptors (Lipinski definition) is 1. The average Bonchev–Trinajstić information content (AvgIpc) is 2.38. The number of nitrogens with two attached hydrogens (primary N) is 1. The van der Waals surface area contributed by atoms with Crippen LogP contribution in [-0.4, -0.2) is 12.0 Å². The van der Waals surface area contributed by atoms with Crippen LogP contribution in [0.5, 0.6) is 0 Å². The Bertz CT molecular complexity index is 468. The Kier molecular flexibility index (Phi) is 7.49. The van der Waals surface area contributed by atoms with Gasteiger partial charge in [-0.3, -0.25) is 0 Å². The van der Waals surface area contributed by atoms with Crippen molar-refractivity contribution in [3.05, 3.63) is 34.4 Å². The van der Waals surface area contributed by atoms with Crippen LogP contribution in [-0.2, 0) is 6.54 Å². The van der Waals surface area contributed by atoms with Crippen LogP contribution >= 0.6 is 24.0 Å². The normalized spacial score (nSPS) is 16.4. The van der Waals surface area contributed by atoms with E-state index >= 15 is 0 Å². The van der Waals surface area contributed by atoms with Crippen LogP contribution in [0.1, 0.15) is 54.4 Å². The van der Waals surface area contributed by atoms with Gasteiger partial charge in [-0.25, -0.2) is 4.99 Å². The van der Waals surface area contributed by atoms with E-state index in [1.807, 2.05) is 0 Å². The van der Waals surface area contributed by atoms with Crippen molar-refractivity contribution in [3.8, 4) is 0 Å². The standard InChI is InChI=1S/C17H27N3.HI/c1-12-9-13(2)16(14(3)10-12)11-19-17(18)20-15-7-5-4-6-8-15;/h9-10,15H,4-8,11H2,1-3H3,(H3,18,19,20);1H. The summed E-state index contributed by atoms with van der Waals surface area (Å²) in [5.74, 6) is 0.594. The van der Waals surface area contributed by atoms with Gasteiger partial charge in [0.2, 0.25) is 0 Å². The zero-order valence-electron chi connectivity index (χ0n) is 13.4. The Morgan fingerprint density at radius 3 is 2.29 bits per heavy atom. The molecule has 0 bridgehead atoms. The Labute approximate surface area is 145 Å². The van der Waals surface area contributed by atoms with Gasteiger partial charge < -0.3 is 11.1 Å². The van der Waals surface area contributed by atoms with E-state index in [1.54, 1.807) is 0 Å². The molecule has 1 saturated carbocycles. The fraction of sp³-hybridized carbons (Fsp3) is 0.588. The Morgan fingerprint density at radius 1 is 1.14 bits per heavy atom. The molecule has 0 atom stereocenters. The number of halogens is 1. The third-order valence-electron chi connectivity index (χ3n) is 4.21. The van der Waals surface area contributed by atoms with Crippen molar-refractivity contribution < 1.29 is 0 Å². The monoisotopic (exact) mass is 401 g/mol. The molecule has 1 aliphatic carbocycles. The van der Waals surface area contributed by atoms with Crippen LogP contribution in [0.15, 0.2) is 17.1 Å². The number of aryl methyl sites for hydroxylation is 3. The van der Waals surface area contributed by atoms with Crippen molar-refractivity contribution in [2.45, 2.75) is 65.5 Å². The molecule has 0 heterocycles. The predicted molar refractivity (Wildman–Crippen MR) is 101 cm³/mol. The maximum Gasteiger partial charge on any atom is 0.189 e. The van der Waals surface area contributed by atoms with E-state index in [1.165, 1.54) is 54.4 Å². The summed E-state index contributed by atoms with van der Waals surface area (Å²) in [5, 5.41) is 3.37. The van der Waals surface area contributed by atoms with Gasteiger partial charge in [-0.05, 0) is 50.3 Å². The molecule has 118 valence electrons. The van der Waals surface area contributed by atoms with E-state index < -0.39 is 0 Å². The zero-order chi connectivity index (χ0) is 14.5. The number of benzene rings is 1. The van der Waals surface area contributed by atoms with Crippen LogP contribution in [0, 0.1) is 20.8 Å². The molecule has 1 aliphatic rings. The summed E-state index contributed by atoms with van der Waals surface area (Å²) in [6, 6.07) is 4.94. The highest BCUT2D eigenvalue weighted by Gasteiger charge is 2.13. The number of nitrogens with one attached hydrogen (secondary N) is 1. The summed E-state index contributed by atoms with van der Waals surface area (Å²) in [5.41, 5.74) is 11.2. The minimum absolute atomic E-state index is 0. The lowest BCUT2D eigenvalue weighted by Gasteiger charge is -2.23. The molecule has 1 fully saturated rings. The van der Waals surface area contributed by atoms with Crippen molar-refractivity contribution in [2.24, 2.45) is 10.7 Å². The van der Waals surface area contributed by atoms with Crippen LogP contribution in [0.3, 0.4) is 0 Å². The number of nitrogens with zero attached hydrogens (tertiary/aromatic N) is 1. The number of aliphatic imine (C=N–C) groups is 1. The van der Waals surface area contributed by atoms with Crippen LogP contribution in [0.4, 0.5) is 0 Å². The molecule has 0 aromatic heterocycles. The Balaban J connectivity index is 0.00000220. The molecule has 3 N–H and O–H groups in total. The maximum atomic E-state index is 6.02. The first kappa shape index (κ1) is 18.3. The highest BCUT2D eigenvalue weighted by atomic mass is 127. The lowest BCUT2D eigenvalue weighted by Crippen LogP contribution is -2.41. The maximum absolute atomic E-state index is 6.02. The predicted octanol–water partition coefficient (Wildman–Crippen LogP) is 3.97. The molecule has 0 amide bonds. The molecule has 0 saturated heterocycles. The molecule has 2 rings (SSSR count). The van der Waals surface area contributed by atoms with Crippen molar-refractivity contribution >= 4 is 29.9 Å². The fourth-order valence-corrected chi connectivity index (χ4v) is 3.13. The smallest absolute Gasteiger partial charge is 0.189 e. The topological polar surface area (TPSA) is 50.4 Å². The summed E-state index contributed by atoms with van der Waals surface area (Å²) in [7, 11) is 0. The van der Waals surface area contributed by atoms with E-state index in [0.717, 1.165) is 0 Å². The number of rotatable bonds is 3. The van der Waals surface area contributed by atoms with Crippen LogP contribution < -0.4 is 11.1 Å². The van der Waals surface area contributed by atoms with E-state index in [9.17, 15) is 0 Å². The van der Waals surface area contributed by atoms with Crippen molar-refractivity contribution in [1.29, 1.82) is 0 Å². The highest BCUT2D eigenvalue weighted by Crippen LogP contribution is 2.18. The molecule has 3 nitrogen and oxygen atoms in total. The molecular weight excluding hydrogens is 373 g/mol. The summed E-state index contributed by atoms with van der Waals surface area (Å²) in [4.78, 5) is 4.52. The van der Waals surface area contributed by atoms with Gasteiger partial charge in [0.1, 0.15) is 0 Å². The molecular formula is C17H28IN3. The minimum Gasteiger partial charge on any atom is -0.370 e. The lowest BCUT2D eigenvalue weighted by atomic mass is 9.96. The summed E-state index contributed by atoms with van der Waals surface area (Å²) < 4.78 is 0. The van der Waals surface area contributed by atoms with Gasteiger partial charge in [-0.15, -0.1) is 24.0 Å². The SMILES string of the molecule is Cc1cc(C)c(CN=C(N)NC2CCCCC2)c(C)c1.I. The minimum atomic E-state index is 0.